The molecular formula is C24H24N2O2. The van der Waals surface area contributed by atoms with E-state index in [1.165, 1.54) is 11.1 Å². The zero-order valence-corrected chi connectivity index (χ0v) is 16.0. The van der Waals surface area contributed by atoms with Crippen molar-refractivity contribution < 1.29 is 9.53 Å². The molecule has 1 fully saturated rings. The first-order valence-electron chi connectivity index (χ1n) is 9.63. The highest BCUT2D eigenvalue weighted by atomic mass is 16.5. The minimum Gasteiger partial charge on any atom is -0.379 e. The van der Waals surface area contributed by atoms with Crippen LogP contribution in [0, 0.1) is 12.8 Å². The van der Waals surface area contributed by atoms with E-state index in [4.69, 9.17) is 4.74 Å². The molecule has 2 aromatic carbocycles. The van der Waals surface area contributed by atoms with Crippen LogP contribution >= 0.6 is 0 Å². The predicted molar refractivity (Wildman–Crippen MR) is 110 cm³/mol. The van der Waals surface area contributed by atoms with Crippen molar-refractivity contribution >= 4 is 5.91 Å². The average Bonchev–Trinajstić information content (AvgIpc) is 3.15. The topological polar surface area (TPSA) is 51.2 Å². The summed E-state index contributed by atoms with van der Waals surface area (Å²) in [5, 5.41) is 3.18. The van der Waals surface area contributed by atoms with Gasteiger partial charge in [0.15, 0.2) is 0 Å². The molecule has 1 aromatic heterocycles. The number of pyridine rings is 1. The van der Waals surface area contributed by atoms with Crippen LogP contribution in [0.15, 0.2) is 73.1 Å². The van der Waals surface area contributed by atoms with Gasteiger partial charge in [-0.3, -0.25) is 9.78 Å². The molecule has 2 heterocycles. The second kappa shape index (κ2) is 8.36. The van der Waals surface area contributed by atoms with E-state index in [2.05, 4.69) is 35.4 Å². The van der Waals surface area contributed by atoms with Crippen LogP contribution in [0.5, 0.6) is 0 Å². The Morgan fingerprint density at radius 1 is 1.04 bits per heavy atom. The highest BCUT2D eigenvalue weighted by Gasteiger charge is 2.30. The van der Waals surface area contributed by atoms with Crippen molar-refractivity contribution in [3.63, 3.8) is 0 Å². The smallest absolute Gasteiger partial charge is 0.251 e. The lowest BCUT2D eigenvalue weighted by atomic mass is 9.95. The summed E-state index contributed by atoms with van der Waals surface area (Å²) in [6, 6.07) is 20.2. The van der Waals surface area contributed by atoms with Crippen LogP contribution in [0.1, 0.15) is 21.5 Å². The van der Waals surface area contributed by atoms with Gasteiger partial charge in [-0.2, -0.15) is 0 Å². The number of nitrogens with zero attached hydrogens (tertiary/aromatic N) is 1. The van der Waals surface area contributed by atoms with Gasteiger partial charge in [0.2, 0.25) is 0 Å². The van der Waals surface area contributed by atoms with Crippen molar-refractivity contribution in [2.24, 2.45) is 5.92 Å². The Bertz CT molecular complexity index is 956. The molecule has 1 saturated heterocycles. The quantitative estimate of drug-likeness (QED) is 0.735. The van der Waals surface area contributed by atoms with Gasteiger partial charge in [0, 0.05) is 23.9 Å². The van der Waals surface area contributed by atoms with E-state index >= 15 is 0 Å². The highest BCUT2D eigenvalue weighted by Crippen LogP contribution is 2.23. The number of amides is 1. The third-order valence-electron chi connectivity index (χ3n) is 5.24. The molecule has 1 aliphatic heterocycles. The van der Waals surface area contributed by atoms with E-state index in [-0.39, 0.29) is 17.9 Å². The molecule has 1 aliphatic rings. The molecule has 0 radical (unpaired) electrons. The lowest BCUT2D eigenvalue weighted by molar-refractivity contribution is 0.0925. The molecule has 0 aliphatic carbocycles. The SMILES string of the molecule is Cc1cccc(-c2cccc(C(=O)N[C@H]3COC[C@H]3Cc3ccncc3)c2)c1. The fourth-order valence-corrected chi connectivity index (χ4v) is 3.70. The Hall–Kier alpha value is -2.98. The number of nitrogens with one attached hydrogen (secondary N) is 1. The normalized spacial score (nSPS) is 18.8. The molecule has 28 heavy (non-hydrogen) atoms. The maximum absolute atomic E-state index is 12.9. The Morgan fingerprint density at radius 2 is 1.79 bits per heavy atom. The Morgan fingerprint density at radius 3 is 2.57 bits per heavy atom. The Balaban J connectivity index is 1.46. The van der Waals surface area contributed by atoms with Crippen molar-refractivity contribution in [1.82, 2.24) is 10.3 Å². The van der Waals surface area contributed by atoms with E-state index in [9.17, 15) is 4.79 Å². The number of benzene rings is 2. The molecule has 3 aromatic rings. The van der Waals surface area contributed by atoms with Crippen LogP contribution in [-0.2, 0) is 11.2 Å². The van der Waals surface area contributed by atoms with E-state index in [0.717, 1.165) is 17.5 Å². The summed E-state index contributed by atoms with van der Waals surface area (Å²) in [6.07, 6.45) is 4.47. The van der Waals surface area contributed by atoms with E-state index in [1.807, 2.05) is 42.5 Å². The molecule has 0 bridgehead atoms. The molecular weight excluding hydrogens is 348 g/mol. The maximum atomic E-state index is 12.9. The van der Waals surface area contributed by atoms with Gasteiger partial charge in [0.1, 0.15) is 0 Å². The van der Waals surface area contributed by atoms with E-state index < -0.39 is 0 Å². The highest BCUT2D eigenvalue weighted by molar-refractivity contribution is 5.95. The van der Waals surface area contributed by atoms with Crippen LogP contribution < -0.4 is 5.32 Å². The summed E-state index contributed by atoms with van der Waals surface area (Å²) < 4.78 is 5.65. The Kier molecular flexibility index (Phi) is 5.49. The summed E-state index contributed by atoms with van der Waals surface area (Å²) in [6.45, 7) is 3.29. The molecule has 0 unspecified atom stereocenters. The molecule has 4 rings (SSSR count). The summed E-state index contributed by atoms with van der Waals surface area (Å²) in [5.41, 5.74) is 5.26. The largest absolute Gasteiger partial charge is 0.379 e. The van der Waals surface area contributed by atoms with Crippen LogP contribution in [0.4, 0.5) is 0 Å². The fraction of sp³-hybridized carbons (Fsp3) is 0.250. The van der Waals surface area contributed by atoms with Gasteiger partial charge in [-0.1, -0.05) is 42.0 Å². The number of ether oxygens (including phenoxy) is 1. The first kappa shape index (κ1) is 18.4. The molecule has 0 spiro atoms. The molecule has 1 N–H and O–H groups in total. The average molecular weight is 372 g/mol. The number of carbonyl (C=O) groups excluding carboxylic acids is 1. The van der Waals surface area contributed by atoms with Crippen LogP contribution in [-0.4, -0.2) is 30.1 Å². The third-order valence-corrected chi connectivity index (χ3v) is 5.24. The van der Waals surface area contributed by atoms with Gasteiger partial charge >= 0.3 is 0 Å². The number of carbonyl (C=O) groups is 1. The lowest BCUT2D eigenvalue weighted by Crippen LogP contribution is -2.40. The number of rotatable bonds is 5. The van der Waals surface area contributed by atoms with Crippen molar-refractivity contribution in [2.75, 3.05) is 13.2 Å². The van der Waals surface area contributed by atoms with Crippen molar-refractivity contribution in [2.45, 2.75) is 19.4 Å². The monoisotopic (exact) mass is 372 g/mol. The summed E-state index contributed by atoms with van der Waals surface area (Å²) >= 11 is 0. The maximum Gasteiger partial charge on any atom is 0.251 e. The van der Waals surface area contributed by atoms with Crippen LogP contribution in [0.3, 0.4) is 0 Å². The van der Waals surface area contributed by atoms with Crippen molar-refractivity contribution in [3.8, 4) is 11.1 Å². The fourth-order valence-electron chi connectivity index (χ4n) is 3.70. The number of hydrogen-bond donors (Lipinski definition) is 1. The first-order valence-corrected chi connectivity index (χ1v) is 9.63. The van der Waals surface area contributed by atoms with Gasteiger partial charge < -0.3 is 10.1 Å². The molecule has 1 amide bonds. The number of hydrogen-bond acceptors (Lipinski definition) is 3. The van der Waals surface area contributed by atoms with Gasteiger partial charge in [0.25, 0.3) is 5.91 Å². The van der Waals surface area contributed by atoms with Gasteiger partial charge in [-0.25, -0.2) is 0 Å². The van der Waals surface area contributed by atoms with E-state index in [0.29, 0.717) is 18.8 Å². The van der Waals surface area contributed by atoms with Gasteiger partial charge in [-0.15, -0.1) is 0 Å². The number of aromatic nitrogens is 1. The molecule has 4 heteroatoms. The summed E-state index contributed by atoms with van der Waals surface area (Å²) in [5.74, 6) is 0.219. The predicted octanol–water partition coefficient (Wildman–Crippen LogP) is 4.04. The molecule has 142 valence electrons. The summed E-state index contributed by atoms with van der Waals surface area (Å²) in [7, 11) is 0. The van der Waals surface area contributed by atoms with Gasteiger partial charge in [-0.05, 0) is 54.3 Å². The summed E-state index contributed by atoms with van der Waals surface area (Å²) in [4.78, 5) is 16.9. The second-order valence-electron chi connectivity index (χ2n) is 7.39. The second-order valence-corrected chi connectivity index (χ2v) is 7.39. The molecule has 2 atom stereocenters. The lowest BCUT2D eigenvalue weighted by Gasteiger charge is -2.19. The van der Waals surface area contributed by atoms with Crippen molar-refractivity contribution in [3.05, 3.63) is 89.7 Å². The van der Waals surface area contributed by atoms with Crippen LogP contribution in [0.2, 0.25) is 0 Å². The minimum absolute atomic E-state index is 0.0169. The molecule has 4 nitrogen and oxygen atoms in total. The molecule has 0 saturated carbocycles. The first-order chi connectivity index (χ1) is 13.7. The number of aryl methyl sites for hydroxylation is 1. The van der Waals surface area contributed by atoms with Crippen LogP contribution in [0.25, 0.3) is 11.1 Å². The van der Waals surface area contributed by atoms with Gasteiger partial charge in [0.05, 0.1) is 19.3 Å². The van der Waals surface area contributed by atoms with Crippen molar-refractivity contribution in [1.29, 1.82) is 0 Å². The zero-order chi connectivity index (χ0) is 19.3. The van der Waals surface area contributed by atoms with E-state index in [1.54, 1.807) is 12.4 Å². The third kappa shape index (κ3) is 4.29. The zero-order valence-electron chi connectivity index (χ0n) is 16.0. The Labute approximate surface area is 165 Å². The standard InChI is InChI=1S/C24H24N2O2/c1-17-4-2-5-19(12-17)20-6-3-7-21(14-20)24(27)26-23-16-28-15-22(23)13-18-8-10-25-11-9-18/h2-12,14,22-23H,13,15-16H2,1H3,(H,26,27)/t22-,23+/m1/s1. The minimum atomic E-state index is -0.0512.